The molecule has 108 valence electrons. The van der Waals surface area contributed by atoms with Gasteiger partial charge >= 0.3 is 0 Å². The molecule has 0 radical (unpaired) electrons. The highest BCUT2D eigenvalue weighted by molar-refractivity contribution is 5.96. The Morgan fingerprint density at radius 2 is 2.11 bits per heavy atom. The summed E-state index contributed by atoms with van der Waals surface area (Å²) in [6.07, 6.45) is 0.869. The Kier molecular flexibility index (Phi) is 4.74. The first kappa shape index (κ1) is 15.7. The Bertz CT molecular complexity index is 464. The van der Waals surface area contributed by atoms with Gasteiger partial charge in [0.15, 0.2) is 0 Å². The summed E-state index contributed by atoms with van der Waals surface area (Å²) in [6, 6.07) is 0. The molecule has 1 aromatic heterocycles. The van der Waals surface area contributed by atoms with Crippen LogP contribution in [0, 0.1) is 19.8 Å². The molecule has 0 aromatic carbocycles. The smallest absolute Gasteiger partial charge is 0.255 e. The van der Waals surface area contributed by atoms with E-state index in [0.717, 1.165) is 12.1 Å². The first-order valence-electron chi connectivity index (χ1n) is 6.71. The maximum Gasteiger partial charge on any atom is 0.255 e. The van der Waals surface area contributed by atoms with Gasteiger partial charge in [0.2, 0.25) is 0 Å². The predicted molar refractivity (Wildman–Crippen MR) is 75.1 cm³/mol. The lowest BCUT2D eigenvalue weighted by molar-refractivity contribution is 0.00591. The summed E-state index contributed by atoms with van der Waals surface area (Å²) in [5, 5.41) is 17.3. The molecule has 0 saturated carbocycles. The van der Waals surface area contributed by atoms with Crippen LogP contribution in [0.5, 0.6) is 0 Å². The van der Waals surface area contributed by atoms with Crippen LogP contribution in [0.3, 0.4) is 0 Å². The molecule has 5 nitrogen and oxygen atoms in total. The highest BCUT2D eigenvalue weighted by Crippen LogP contribution is 2.19. The van der Waals surface area contributed by atoms with E-state index in [4.69, 9.17) is 0 Å². The van der Waals surface area contributed by atoms with Crippen molar-refractivity contribution < 1.29 is 9.90 Å². The Balaban J connectivity index is 2.76. The average molecular weight is 267 g/mol. The maximum atomic E-state index is 12.2. The highest BCUT2D eigenvalue weighted by atomic mass is 16.3. The fraction of sp³-hybridized carbons (Fsp3) is 0.714. The Labute approximate surface area is 115 Å². The van der Waals surface area contributed by atoms with Crippen molar-refractivity contribution in [3.05, 3.63) is 17.0 Å². The zero-order valence-electron chi connectivity index (χ0n) is 12.7. The Hall–Kier alpha value is -1.36. The van der Waals surface area contributed by atoms with E-state index in [1.54, 1.807) is 11.6 Å². The predicted octanol–water partition coefficient (Wildman–Crippen LogP) is 1.56. The third-order valence-electron chi connectivity index (χ3n) is 4.02. The van der Waals surface area contributed by atoms with Gasteiger partial charge in [0.05, 0.1) is 16.9 Å². The first-order valence-corrected chi connectivity index (χ1v) is 6.71. The molecule has 5 heteroatoms. The van der Waals surface area contributed by atoms with Crippen LogP contribution in [0.2, 0.25) is 0 Å². The van der Waals surface area contributed by atoms with Crippen LogP contribution >= 0.6 is 0 Å². The Morgan fingerprint density at radius 3 is 2.53 bits per heavy atom. The lowest BCUT2D eigenvalue weighted by atomic mass is 9.88. The van der Waals surface area contributed by atoms with Gasteiger partial charge in [-0.05, 0) is 26.7 Å². The second kappa shape index (κ2) is 5.74. The lowest BCUT2D eigenvalue weighted by Crippen LogP contribution is -2.45. The number of aliphatic hydroxyl groups is 1. The summed E-state index contributed by atoms with van der Waals surface area (Å²) in [7, 11) is 1.81. The molecule has 2 N–H and O–H groups in total. The number of carbonyl (C=O) groups excluding carboxylic acids is 1. The van der Waals surface area contributed by atoms with E-state index in [-0.39, 0.29) is 18.4 Å². The molecule has 19 heavy (non-hydrogen) atoms. The summed E-state index contributed by atoms with van der Waals surface area (Å²) in [5.41, 5.74) is 1.25. The minimum absolute atomic E-state index is 0.129. The van der Waals surface area contributed by atoms with E-state index >= 15 is 0 Å². The number of aromatic nitrogens is 2. The third kappa shape index (κ3) is 3.35. The van der Waals surface area contributed by atoms with Gasteiger partial charge in [0, 0.05) is 19.3 Å². The van der Waals surface area contributed by atoms with E-state index < -0.39 is 5.60 Å². The molecular formula is C14H25N3O2. The largest absolute Gasteiger partial charge is 0.388 e. The number of carbonyl (C=O) groups is 1. The topological polar surface area (TPSA) is 67.2 Å². The molecular weight excluding hydrogens is 242 g/mol. The molecule has 2 atom stereocenters. The van der Waals surface area contributed by atoms with Crippen molar-refractivity contribution >= 4 is 5.91 Å². The standard InChI is InChI=1S/C14H25N3O2/c1-7-9(2)14(5,19)8-15-13(18)12-10(3)16-17(6)11(12)4/h9,19H,7-8H2,1-6H3,(H,15,18)/t9-,14+/m0/s1. The van der Waals surface area contributed by atoms with E-state index in [1.165, 1.54) is 0 Å². The van der Waals surface area contributed by atoms with Gasteiger partial charge < -0.3 is 10.4 Å². The number of hydrogen-bond acceptors (Lipinski definition) is 3. The SMILES string of the molecule is CC[C@H](C)[C@](C)(O)CNC(=O)c1c(C)nn(C)c1C. The van der Waals surface area contributed by atoms with E-state index in [0.29, 0.717) is 11.3 Å². The second-order valence-electron chi connectivity index (χ2n) is 5.52. The van der Waals surface area contributed by atoms with Gasteiger partial charge in [0.1, 0.15) is 0 Å². The van der Waals surface area contributed by atoms with Crippen molar-refractivity contribution in [2.24, 2.45) is 13.0 Å². The molecule has 1 amide bonds. The summed E-state index contributed by atoms with van der Waals surface area (Å²) in [5.74, 6) is -0.0458. The minimum atomic E-state index is -0.894. The zero-order valence-corrected chi connectivity index (χ0v) is 12.7. The number of hydrogen-bond donors (Lipinski definition) is 2. The van der Waals surface area contributed by atoms with Gasteiger partial charge in [-0.3, -0.25) is 9.48 Å². The highest BCUT2D eigenvalue weighted by Gasteiger charge is 2.28. The maximum absolute atomic E-state index is 12.2. The summed E-state index contributed by atoms with van der Waals surface area (Å²) < 4.78 is 1.69. The number of aryl methyl sites for hydroxylation is 2. The number of nitrogens with zero attached hydrogens (tertiary/aromatic N) is 2. The van der Waals surface area contributed by atoms with Crippen LogP contribution in [0.4, 0.5) is 0 Å². The Morgan fingerprint density at radius 1 is 1.53 bits per heavy atom. The number of amides is 1. The molecule has 1 rings (SSSR count). The molecule has 1 aromatic rings. The molecule has 0 fully saturated rings. The van der Waals surface area contributed by atoms with Crippen molar-refractivity contribution in [2.45, 2.75) is 46.6 Å². The molecule has 1 heterocycles. The normalized spacial score (nSPS) is 15.9. The zero-order chi connectivity index (χ0) is 14.8. The van der Waals surface area contributed by atoms with Crippen molar-refractivity contribution in [1.82, 2.24) is 15.1 Å². The molecule has 0 saturated heterocycles. The molecule has 0 unspecified atom stereocenters. The summed E-state index contributed by atoms with van der Waals surface area (Å²) >= 11 is 0. The van der Waals surface area contributed by atoms with Crippen LogP contribution < -0.4 is 5.32 Å². The van der Waals surface area contributed by atoms with Gasteiger partial charge in [0.25, 0.3) is 5.91 Å². The van der Waals surface area contributed by atoms with Crippen LogP contribution in [-0.2, 0) is 7.05 Å². The van der Waals surface area contributed by atoms with Gasteiger partial charge in [-0.2, -0.15) is 5.10 Å². The van der Waals surface area contributed by atoms with Crippen LogP contribution in [-0.4, -0.2) is 32.9 Å². The summed E-state index contributed by atoms with van der Waals surface area (Å²) in [4.78, 5) is 12.2. The van der Waals surface area contributed by atoms with Crippen LogP contribution in [0.1, 0.15) is 48.9 Å². The van der Waals surface area contributed by atoms with Gasteiger partial charge in [-0.15, -0.1) is 0 Å². The molecule has 0 aliphatic rings. The van der Waals surface area contributed by atoms with Crippen molar-refractivity contribution in [3.8, 4) is 0 Å². The molecule has 0 aliphatic carbocycles. The lowest BCUT2D eigenvalue weighted by Gasteiger charge is -2.29. The van der Waals surface area contributed by atoms with Crippen molar-refractivity contribution in [2.75, 3.05) is 6.54 Å². The second-order valence-corrected chi connectivity index (χ2v) is 5.52. The third-order valence-corrected chi connectivity index (χ3v) is 4.02. The van der Waals surface area contributed by atoms with Gasteiger partial charge in [-0.25, -0.2) is 0 Å². The number of rotatable bonds is 5. The van der Waals surface area contributed by atoms with E-state index in [2.05, 4.69) is 10.4 Å². The van der Waals surface area contributed by atoms with Gasteiger partial charge in [-0.1, -0.05) is 20.3 Å². The van der Waals surface area contributed by atoms with Crippen LogP contribution in [0.25, 0.3) is 0 Å². The number of nitrogens with one attached hydrogen (secondary N) is 1. The quantitative estimate of drug-likeness (QED) is 0.851. The average Bonchev–Trinajstić information content (AvgIpc) is 2.59. The van der Waals surface area contributed by atoms with Crippen molar-refractivity contribution in [3.63, 3.8) is 0 Å². The monoisotopic (exact) mass is 267 g/mol. The molecule has 0 bridgehead atoms. The molecule has 0 aliphatic heterocycles. The fourth-order valence-corrected chi connectivity index (χ4v) is 2.06. The summed E-state index contributed by atoms with van der Waals surface area (Å²) in [6.45, 7) is 9.68. The van der Waals surface area contributed by atoms with E-state index in [1.807, 2.05) is 34.7 Å². The molecule has 0 spiro atoms. The fourth-order valence-electron chi connectivity index (χ4n) is 2.06. The van der Waals surface area contributed by atoms with E-state index in [9.17, 15) is 9.90 Å². The van der Waals surface area contributed by atoms with Crippen LogP contribution in [0.15, 0.2) is 0 Å². The minimum Gasteiger partial charge on any atom is -0.388 e. The van der Waals surface area contributed by atoms with Crippen molar-refractivity contribution in [1.29, 1.82) is 0 Å². The first-order chi connectivity index (χ1) is 8.70.